The van der Waals surface area contributed by atoms with Gasteiger partial charge in [-0.15, -0.1) is 0 Å². The standard InChI is InChI=1S/C16H13NO4/c18-16(12-5-3-6-13(10-12)17(19)20)21-15-9-8-11-4-1-2-7-14(11)15/h1-7,10,15H,8-9H2/t15-/m1/s1. The summed E-state index contributed by atoms with van der Waals surface area (Å²) in [5.41, 5.74) is 2.30. The minimum Gasteiger partial charge on any atom is -0.454 e. The Hall–Kier alpha value is -2.69. The van der Waals surface area contributed by atoms with E-state index in [0.29, 0.717) is 0 Å². The predicted molar refractivity (Wildman–Crippen MR) is 76.0 cm³/mol. The number of hydrogen-bond donors (Lipinski definition) is 0. The molecule has 2 aromatic carbocycles. The number of hydrogen-bond acceptors (Lipinski definition) is 4. The summed E-state index contributed by atoms with van der Waals surface area (Å²) in [5, 5.41) is 10.7. The Balaban J connectivity index is 1.79. The molecule has 106 valence electrons. The van der Waals surface area contributed by atoms with Gasteiger partial charge in [-0.1, -0.05) is 30.3 Å². The summed E-state index contributed by atoms with van der Waals surface area (Å²) in [6.07, 6.45) is 1.36. The fourth-order valence-corrected chi connectivity index (χ4v) is 2.58. The van der Waals surface area contributed by atoms with Crippen LogP contribution in [-0.4, -0.2) is 10.9 Å². The van der Waals surface area contributed by atoms with Gasteiger partial charge in [0.05, 0.1) is 10.5 Å². The third-order valence-electron chi connectivity index (χ3n) is 3.62. The van der Waals surface area contributed by atoms with Gasteiger partial charge >= 0.3 is 5.97 Å². The van der Waals surface area contributed by atoms with Crippen molar-refractivity contribution >= 4 is 11.7 Å². The number of ether oxygens (including phenoxy) is 1. The van der Waals surface area contributed by atoms with Crippen LogP contribution >= 0.6 is 0 Å². The Morgan fingerprint density at radius 2 is 2.00 bits per heavy atom. The van der Waals surface area contributed by atoms with Crippen LogP contribution in [0.3, 0.4) is 0 Å². The molecule has 5 heteroatoms. The normalized spacial score (nSPS) is 16.3. The molecule has 1 atom stereocenters. The summed E-state index contributed by atoms with van der Waals surface area (Å²) in [4.78, 5) is 22.4. The maximum Gasteiger partial charge on any atom is 0.338 e. The second-order valence-corrected chi connectivity index (χ2v) is 4.94. The van der Waals surface area contributed by atoms with E-state index >= 15 is 0 Å². The summed E-state index contributed by atoms with van der Waals surface area (Å²) in [5.74, 6) is -0.527. The average molecular weight is 283 g/mol. The molecule has 21 heavy (non-hydrogen) atoms. The highest BCUT2D eigenvalue weighted by Gasteiger charge is 2.26. The van der Waals surface area contributed by atoms with Crippen molar-refractivity contribution in [1.82, 2.24) is 0 Å². The first kappa shape index (κ1) is 13.3. The van der Waals surface area contributed by atoms with Crippen molar-refractivity contribution in [3.8, 4) is 0 Å². The van der Waals surface area contributed by atoms with Gasteiger partial charge in [-0.3, -0.25) is 10.1 Å². The van der Waals surface area contributed by atoms with Crippen LogP contribution in [0.1, 0.15) is 34.0 Å². The van der Waals surface area contributed by atoms with E-state index in [2.05, 4.69) is 0 Å². The number of esters is 1. The van der Waals surface area contributed by atoms with E-state index in [1.165, 1.54) is 29.8 Å². The molecule has 3 rings (SSSR count). The van der Waals surface area contributed by atoms with Crippen LogP contribution in [0.15, 0.2) is 48.5 Å². The molecule has 0 unspecified atom stereocenters. The number of non-ortho nitro benzene ring substituents is 1. The maximum atomic E-state index is 12.1. The Kier molecular flexibility index (Phi) is 3.39. The third kappa shape index (κ3) is 2.63. The number of nitro benzene ring substituents is 1. The second-order valence-electron chi connectivity index (χ2n) is 4.94. The fourth-order valence-electron chi connectivity index (χ4n) is 2.58. The molecule has 0 heterocycles. The summed E-state index contributed by atoms with van der Waals surface area (Å²) < 4.78 is 5.50. The van der Waals surface area contributed by atoms with E-state index in [-0.39, 0.29) is 17.4 Å². The van der Waals surface area contributed by atoms with Crippen LogP contribution in [0.5, 0.6) is 0 Å². The SMILES string of the molecule is O=C(O[C@@H]1CCc2ccccc21)c1cccc([N+](=O)[O-])c1. The summed E-state index contributed by atoms with van der Waals surface area (Å²) in [7, 11) is 0. The van der Waals surface area contributed by atoms with Crippen LogP contribution in [0.4, 0.5) is 5.69 Å². The molecule has 2 aromatic rings. The number of fused-ring (bicyclic) bond motifs is 1. The second kappa shape index (κ2) is 5.36. The molecule has 0 radical (unpaired) electrons. The van der Waals surface area contributed by atoms with Crippen LogP contribution in [0, 0.1) is 10.1 Å². The van der Waals surface area contributed by atoms with Crippen LogP contribution in [0.2, 0.25) is 0 Å². The van der Waals surface area contributed by atoms with Gasteiger partial charge in [0.2, 0.25) is 0 Å². The van der Waals surface area contributed by atoms with E-state index < -0.39 is 10.9 Å². The fraction of sp³-hybridized carbons (Fsp3) is 0.188. The van der Waals surface area contributed by atoms with E-state index in [1.807, 2.05) is 24.3 Å². The first-order chi connectivity index (χ1) is 10.1. The summed E-state index contributed by atoms with van der Waals surface area (Å²) >= 11 is 0. The van der Waals surface area contributed by atoms with Gasteiger partial charge in [0.1, 0.15) is 6.10 Å². The zero-order valence-electron chi connectivity index (χ0n) is 11.2. The molecule has 1 aliphatic carbocycles. The van der Waals surface area contributed by atoms with Crippen molar-refractivity contribution in [2.24, 2.45) is 0 Å². The Morgan fingerprint density at radius 1 is 1.19 bits per heavy atom. The number of carbonyl (C=O) groups excluding carboxylic acids is 1. The molecule has 1 aliphatic rings. The van der Waals surface area contributed by atoms with E-state index in [1.54, 1.807) is 0 Å². The highest BCUT2D eigenvalue weighted by Crippen LogP contribution is 2.34. The summed E-state index contributed by atoms with van der Waals surface area (Å²) in [6.45, 7) is 0. The van der Waals surface area contributed by atoms with E-state index in [9.17, 15) is 14.9 Å². The lowest BCUT2D eigenvalue weighted by Gasteiger charge is -2.13. The minimum absolute atomic E-state index is 0.115. The van der Waals surface area contributed by atoms with Gasteiger partial charge < -0.3 is 4.74 Å². The lowest BCUT2D eigenvalue weighted by molar-refractivity contribution is -0.384. The average Bonchev–Trinajstić information content (AvgIpc) is 2.91. The molecule has 5 nitrogen and oxygen atoms in total. The quantitative estimate of drug-likeness (QED) is 0.491. The smallest absolute Gasteiger partial charge is 0.338 e. The zero-order valence-corrected chi connectivity index (χ0v) is 11.2. The third-order valence-corrected chi connectivity index (χ3v) is 3.62. The molecular formula is C16H13NO4. The van der Waals surface area contributed by atoms with Crippen LogP contribution in [-0.2, 0) is 11.2 Å². The molecule has 0 bridgehead atoms. The van der Waals surface area contributed by atoms with Crippen LogP contribution in [0.25, 0.3) is 0 Å². The van der Waals surface area contributed by atoms with Crippen molar-refractivity contribution in [3.05, 3.63) is 75.3 Å². The molecule has 0 saturated heterocycles. The van der Waals surface area contributed by atoms with E-state index in [4.69, 9.17) is 4.74 Å². The lowest BCUT2D eigenvalue weighted by atomic mass is 10.1. The highest BCUT2D eigenvalue weighted by atomic mass is 16.6. The van der Waals surface area contributed by atoms with Crippen molar-refractivity contribution < 1.29 is 14.5 Å². The van der Waals surface area contributed by atoms with Crippen LogP contribution < -0.4 is 0 Å². The van der Waals surface area contributed by atoms with Gasteiger partial charge in [-0.25, -0.2) is 4.79 Å². The molecule has 0 spiro atoms. The number of aryl methyl sites for hydroxylation is 1. The molecule has 0 N–H and O–H groups in total. The molecule has 0 aliphatic heterocycles. The molecule has 0 amide bonds. The Bertz CT molecular complexity index is 711. The molecule has 0 aromatic heterocycles. The van der Waals surface area contributed by atoms with Gasteiger partial charge in [0.15, 0.2) is 0 Å². The first-order valence-corrected chi connectivity index (χ1v) is 6.68. The van der Waals surface area contributed by atoms with Crippen molar-refractivity contribution in [1.29, 1.82) is 0 Å². The number of nitro groups is 1. The zero-order chi connectivity index (χ0) is 14.8. The Labute approximate surface area is 121 Å². The van der Waals surface area contributed by atoms with Gasteiger partial charge in [0.25, 0.3) is 5.69 Å². The van der Waals surface area contributed by atoms with Crippen molar-refractivity contribution in [2.75, 3.05) is 0 Å². The molecule has 0 fully saturated rings. The minimum atomic E-state index is -0.527. The maximum absolute atomic E-state index is 12.1. The summed E-state index contributed by atoms with van der Waals surface area (Å²) in [6, 6.07) is 13.4. The van der Waals surface area contributed by atoms with E-state index in [0.717, 1.165) is 18.4 Å². The molecular weight excluding hydrogens is 270 g/mol. The predicted octanol–water partition coefficient (Wildman–Crippen LogP) is 3.44. The number of carbonyl (C=O) groups is 1. The lowest BCUT2D eigenvalue weighted by Crippen LogP contribution is -2.09. The molecule has 0 saturated carbocycles. The van der Waals surface area contributed by atoms with Gasteiger partial charge in [-0.05, 0) is 30.0 Å². The highest BCUT2D eigenvalue weighted by molar-refractivity contribution is 5.90. The first-order valence-electron chi connectivity index (χ1n) is 6.68. The number of benzene rings is 2. The number of nitrogens with zero attached hydrogens (tertiary/aromatic N) is 1. The largest absolute Gasteiger partial charge is 0.454 e. The monoisotopic (exact) mass is 283 g/mol. The number of rotatable bonds is 3. The van der Waals surface area contributed by atoms with Gasteiger partial charge in [-0.2, -0.15) is 0 Å². The van der Waals surface area contributed by atoms with Gasteiger partial charge in [0, 0.05) is 12.1 Å². The van der Waals surface area contributed by atoms with Crippen molar-refractivity contribution in [3.63, 3.8) is 0 Å². The topological polar surface area (TPSA) is 69.4 Å². The Morgan fingerprint density at radius 3 is 2.81 bits per heavy atom. The van der Waals surface area contributed by atoms with Crippen molar-refractivity contribution in [2.45, 2.75) is 18.9 Å².